The van der Waals surface area contributed by atoms with Crippen molar-refractivity contribution in [1.29, 1.82) is 0 Å². The fraction of sp³-hybridized carbons (Fsp3) is 0.400. The zero-order chi connectivity index (χ0) is 11.7. The standard InChI is InChI=1S/C10H10BrNO3S/c11-8-3-6(4-16-8)9(13)12-7-1-5(2-7)10(14)15/h3-5,7H,1-2H2,(H,12,13)(H,14,15). The Kier molecular flexibility index (Phi) is 3.30. The highest BCUT2D eigenvalue weighted by atomic mass is 79.9. The third-order valence-corrected chi connectivity index (χ3v) is 4.16. The van der Waals surface area contributed by atoms with Crippen LogP contribution in [0.3, 0.4) is 0 Å². The summed E-state index contributed by atoms with van der Waals surface area (Å²) < 4.78 is 0.912. The van der Waals surface area contributed by atoms with Crippen molar-refractivity contribution in [2.75, 3.05) is 0 Å². The van der Waals surface area contributed by atoms with E-state index in [1.165, 1.54) is 11.3 Å². The maximum atomic E-state index is 11.7. The topological polar surface area (TPSA) is 66.4 Å². The molecule has 4 nitrogen and oxygen atoms in total. The van der Waals surface area contributed by atoms with Crippen LogP contribution in [0.15, 0.2) is 15.2 Å². The first-order valence-corrected chi connectivity index (χ1v) is 6.51. The zero-order valence-corrected chi connectivity index (χ0v) is 10.7. The van der Waals surface area contributed by atoms with E-state index in [1.54, 1.807) is 11.4 Å². The van der Waals surface area contributed by atoms with E-state index >= 15 is 0 Å². The van der Waals surface area contributed by atoms with Gasteiger partial charge in [-0.15, -0.1) is 11.3 Å². The number of carboxylic acid groups (broad SMARTS) is 1. The molecule has 1 fully saturated rings. The number of amides is 1. The Balaban J connectivity index is 1.84. The van der Waals surface area contributed by atoms with E-state index in [0.29, 0.717) is 18.4 Å². The number of hydrogen-bond donors (Lipinski definition) is 2. The van der Waals surface area contributed by atoms with Gasteiger partial charge in [0.05, 0.1) is 15.3 Å². The van der Waals surface area contributed by atoms with E-state index in [-0.39, 0.29) is 17.9 Å². The number of rotatable bonds is 3. The van der Waals surface area contributed by atoms with Crippen molar-refractivity contribution >= 4 is 39.1 Å². The molecule has 1 aromatic rings. The van der Waals surface area contributed by atoms with E-state index < -0.39 is 5.97 Å². The van der Waals surface area contributed by atoms with Gasteiger partial charge < -0.3 is 10.4 Å². The van der Waals surface area contributed by atoms with E-state index in [9.17, 15) is 9.59 Å². The van der Waals surface area contributed by atoms with Gasteiger partial charge in [0.15, 0.2) is 0 Å². The molecule has 86 valence electrons. The number of carbonyl (C=O) groups is 2. The van der Waals surface area contributed by atoms with Crippen LogP contribution < -0.4 is 5.32 Å². The molecule has 1 aliphatic carbocycles. The van der Waals surface area contributed by atoms with Crippen LogP contribution >= 0.6 is 27.3 Å². The molecule has 6 heteroatoms. The van der Waals surface area contributed by atoms with Crippen LogP contribution in [-0.2, 0) is 4.79 Å². The van der Waals surface area contributed by atoms with Crippen LogP contribution in [0.2, 0.25) is 0 Å². The summed E-state index contributed by atoms with van der Waals surface area (Å²) in [7, 11) is 0. The van der Waals surface area contributed by atoms with Crippen LogP contribution in [0.1, 0.15) is 23.2 Å². The van der Waals surface area contributed by atoms with E-state index in [0.717, 1.165) is 3.79 Å². The first kappa shape index (κ1) is 11.6. The average molecular weight is 304 g/mol. The van der Waals surface area contributed by atoms with E-state index in [2.05, 4.69) is 21.2 Å². The van der Waals surface area contributed by atoms with Crippen LogP contribution in [0, 0.1) is 5.92 Å². The Morgan fingerprint density at radius 2 is 2.19 bits per heavy atom. The predicted molar refractivity (Wildman–Crippen MR) is 63.6 cm³/mol. The monoisotopic (exact) mass is 303 g/mol. The molecule has 0 saturated heterocycles. The van der Waals surface area contributed by atoms with Gasteiger partial charge in [-0.25, -0.2) is 0 Å². The van der Waals surface area contributed by atoms with Crippen molar-refractivity contribution in [2.45, 2.75) is 18.9 Å². The smallest absolute Gasteiger partial charge is 0.306 e. The van der Waals surface area contributed by atoms with Gasteiger partial charge in [-0.3, -0.25) is 9.59 Å². The number of carbonyl (C=O) groups excluding carboxylic acids is 1. The van der Waals surface area contributed by atoms with Gasteiger partial charge in [-0.2, -0.15) is 0 Å². The summed E-state index contributed by atoms with van der Waals surface area (Å²) in [5.41, 5.74) is 0.621. The maximum Gasteiger partial charge on any atom is 0.306 e. The third-order valence-electron chi connectivity index (χ3n) is 2.65. The molecule has 1 amide bonds. The van der Waals surface area contributed by atoms with Crippen molar-refractivity contribution in [2.24, 2.45) is 5.92 Å². The van der Waals surface area contributed by atoms with Gasteiger partial charge in [0.1, 0.15) is 0 Å². The van der Waals surface area contributed by atoms with Gasteiger partial charge in [0.2, 0.25) is 0 Å². The summed E-state index contributed by atoms with van der Waals surface area (Å²) >= 11 is 4.74. The molecule has 16 heavy (non-hydrogen) atoms. The first-order valence-electron chi connectivity index (χ1n) is 4.84. The third kappa shape index (κ3) is 2.44. The number of halogens is 1. The van der Waals surface area contributed by atoms with Gasteiger partial charge in [0.25, 0.3) is 5.91 Å². The number of nitrogens with one attached hydrogen (secondary N) is 1. The molecule has 0 spiro atoms. The molecule has 1 aromatic heterocycles. The molecule has 0 aromatic carbocycles. The summed E-state index contributed by atoms with van der Waals surface area (Å²) in [6, 6.07) is 1.76. The van der Waals surface area contributed by atoms with Crippen LogP contribution in [0.4, 0.5) is 0 Å². The largest absolute Gasteiger partial charge is 0.481 e. The van der Waals surface area contributed by atoms with Gasteiger partial charge in [0, 0.05) is 11.4 Å². The van der Waals surface area contributed by atoms with E-state index in [4.69, 9.17) is 5.11 Å². The molecule has 2 rings (SSSR count). The van der Waals surface area contributed by atoms with Crippen LogP contribution in [-0.4, -0.2) is 23.0 Å². The van der Waals surface area contributed by atoms with Gasteiger partial charge >= 0.3 is 5.97 Å². The van der Waals surface area contributed by atoms with Crippen molar-refractivity contribution in [3.05, 3.63) is 20.8 Å². The Bertz CT molecular complexity index is 425. The Morgan fingerprint density at radius 3 is 2.69 bits per heavy atom. The average Bonchev–Trinajstić information content (AvgIpc) is 2.56. The molecule has 0 radical (unpaired) electrons. The second-order valence-corrected chi connectivity index (χ2v) is 6.11. The molecule has 1 aliphatic rings. The number of carboxylic acids is 1. The number of aliphatic carboxylic acids is 1. The van der Waals surface area contributed by atoms with Crippen molar-refractivity contribution < 1.29 is 14.7 Å². The van der Waals surface area contributed by atoms with Gasteiger partial charge in [-0.1, -0.05) is 0 Å². The summed E-state index contributed by atoms with van der Waals surface area (Å²) in [6.45, 7) is 0. The molecule has 1 saturated carbocycles. The molecular formula is C10H10BrNO3S. The second kappa shape index (κ2) is 4.55. The lowest BCUT2D eigenvalue weighted by atomic mass is 9.80. The highest BCUT2D eigenvalue weighted by Crippen LogP contribution is 2.28. The summed E-state index contributed by atoms with van der Waals surface area (Å²) in [5.74, 6) is -1.20. The molecule has 0 atom stereocenters. The van der Waals surface area contributed by atoms with Crippen molar-refractivity contribution in [3.63, 3.8) is 0 Å². The Morgan fingerprint density at radius 1 is 1.50 bits per heavy atom. The first-order chi connectivity index (χ1) is 7.56. The quantitative estimate of drug-likeness (QED) is 0.898. The summed E-state index contributed by atoms with van der Waals surface area (Å²) in [6.07, 6.45) is 1.07. The minimum Gasteiger partial charge on any atom is -0.481 e. The fourth-order valence-electron chi connectivity index (χ4n) is 1.64. The zero-order valence-electron chi connectivity index (χ0n) is 8.27. The fourth-order valence-corrected chi connectivity index (χ4v) is 2.77. The molecule has 1 heterocycles. The second-order valence-electron chi connectivity index (χ2n) is 3.82. The maximum absolute atomic E-state index is 11.7. The minimum absolute atomic E-state index is 0.00674. The number of thiophene rings is 1. The molecule has 0 unspecified atom stereocenters. The number of hydrogen-bond acceptors (Lipinski definition) is 3. The van der Waals surface area contributed by atoms with Crippen molar-refractivity contribution in [3.8, 4) is 0 Å². The molecular weight excluding hydrogens is 294 g/mol. The minimum atomic E-state index is -0.774. The lowest BCUT2D eigenvalue weighted by Crippen LogP contribution is -2.46. The molecule has 0 bridgehead atoms. The summed E-state index contributed by atoms with van der Waals surface area (Å²) in [4.78, 5) is 22.2. The Hall–Kier alpha value is -0.880. The highest BCUT2D eigenvalue weighted by Gasteiger charge is 2.35. The van der Waals surface area contributed by atoms with Crippen LogP contribution in [0.25, 0.3) is 0 Å². The lowest BCUT2D eigenvalue weighted by Gasteiger charge is -2.32. The van der Waals surface area contributed by atoms with Crippen LogP contribution in [0.5, 0.6) is 0 Å². The lowest BCUT2D eigenvalue weighted by molar-refractivity contribution is -0.145. The van der Waals surface area contributed by atoms with Gasteiger partial charge in [-0.05, 0) is 34.8 Å². The molecule has 0 aliphatic heterocycles. The highest BCUT2D eigenvalue weighted by molar-refractivity contribution is 9.11. The summed E-state index contributed by atoms with van der Waals surface area (Å²) in [5, 5.41) is 13.3. The van der Waals surface area contributed by atoms with Crippen molar-refractivity contribution in [1.82, 2.24) is 5.32 Å². The SMILES string of the molecule is O=C(NC1CC(C(=O)O)C1)c1csc(Br)c1. The molecule has 2 N–H and O–H groups in total. The van der Waals surface area contributed by atoms with E-state index in [1.807, 2.05) is 0 Å². The normalized spacial score (nSPS) is 23.6. The Labute approximate surface area is 105 Å². The predicted octanol–water partition coefficient (Wildman–Crippen LogP) is 2.10.